The van der Waals surface area contributed by atoms with Gasteiger partial charge in [0.1, 0.15) is 11.9 Å². The van der Waals surface area contributed by atoms with Gasteiger partial charge in [-0.05, 0) is 26.0 Å². The number of fused-ring (bicyclic) bond motifs is 1. The van der Waals surface area contributed by atoms with Gasteiger partial charge in [0.2, 0.25) is 5.91 Å². The van der Waals surface area contributed by atoms with Crippen LogP contribution in [0.3, 0.4) is 0 Å². The highest BCUT2D eigenvalue weighted by Gasteiger charge is 2.16. The summed E-state index contributed by atoms with van der Waals surface area (Å²) in [6.45, 7) is 3.66. The van der Waals surface area contributed by atoms with E-state index in [9.17, 15) is 4.79 Å². The van der Waals surface area contributed by atoms with E-state index >= 15 is 0 Å². The van der Waals surface area contributed by atoms with Crippen LogP contribution in [0.5, 0.6) is 0 Å². The molecule has 0 fully saturated rings. The molecule has 1 aromatic heterocycles. The van der Waals surface area contributed by atoms with Crippen molar-refractivity contribution < 1.29 is 4.79 Å². The summed E-state index contributed by atoms with van der Waals surface area (Å²) in [6, 6.07) is 7.35. The predicted octanol–water partition coefficient (Wildman–Crippen LogP) is 1.39. The fourth-order valence-electron chi connectivity index (χ4n) is 1.78. The molecule has 1 unspecified atom stereocenters. The maximum absolute atomic E-state index is 11.2. The zero-order chi connectivity index (χ0) is 11.0. The number of hydrogen-bond donors (Lipinski definition) is 1. The van der Waals surface area contributed by atoms with Gasteiger partial charge in [-0.15, -0.1) is 0 Å². The normalized spacial score (nSPS) is 12.9. The van der Waals surface area contributed by atoms with E-state index in [1.807, 2.05) is 35.8 Å². The molecular weight excluding hydrogens is 190 g/mol. The monoisotopic (exact) mass is 203 g/mol. The highest BCUT2D eigenvalue weighted by Crippen LogP contribution is 2.20. The highest BCUT2D eigenvalue weighted by molar-refractivity contribution is 5.82. The fourth-order valence-corrected chi connectivity index (χ4v) is 1.78. The van der Waals surface area contributed by atoms with E-state index in [0.717, 1.165) is 16.9 Å². The number of aryl methyl sites for hydroxylation is 1. The predicted molar refractivity (Wildman–Crippen MR) is 58.4 cm³/mol. The van der Waals surface area contributed by atoms with Crippen molar-refractivity contribution in [1.29, 1.82) is 0 Å². The van der Waals surface area contributed by atoms with E-state index < -0.39 is 0 Å². The Bertz CT molecular complexity index is 516. The van der Waals surface area contributed by atoms with Crippen molar-refractivity contribution in [2.45, 2.75) is 19.9 Å². The van der Waals surface area contributed by atoms with Crippen molar-refractivity contribution in [2.24, 2.45) is 5.73 Å². The molecule has 2 rings (SSSR count). The Morgan fingerprint density at radius 1 is 1.47 bits per heavy atom. The Labute approximate surface area is 87.7 Å². The zero-order valence-electron chi connectivity index (χ0n) is 8.77. The van der Waals surface area contributed by atoms with Crippen molar-refractivity contribution >= 4 is 16.9 Å². The average Bonchev–Trinajstić information content (AvgIpc) is 2.52. The molecule has 2 aromatic rings. The molecule has 4 heteroatoms. The van der Waals surface area contributed by atoms with Gasteiger partial charge in [0, 0.05) is 0 Å². The number of benzene rings is 1. The van der Waals surface area contributed by atoms with Crippen LogP contribution in [0.4, 0.5) is 0 Å². The summed E-state index contributed by atoms with van der Waals surface area (Å²) in [5.74, 6) is 0.462. The summed E-state index contributed by atoms with van der Waals surface area (Å²) >= 11 is 0. The molecule has 1 amide bonds. The van der Waals surface area contributed by atoms with E-state index in [1.165, 1.54) is 0 Å². The summed E-state index contributed by atoms with van der Waals surface area (Å²) in [5, 5.41) is 0. The van der Waals surface area contributed by atoms with Crippen molar-refractivity contribution in [3.8, 4) is 0 Å². The van der Waals surface area contributed by atoms with Gasteiger partial charge in [0.05, 0.1) is 11.0 Å². The minimum absolute atomic E-state index is 0.346. The number of nitrogens with zero attached hydrogens (tertiary/aromatic N) is 2. The van der Waals surface area contributed by atoms with E-state index in [4.69, 9.17) is 5.73 Å². The second-order valence-electron chi connectivity index (χ2n) is 3.60. The standard InChI is InChI=1S/C11H13N3O/c1-7(11(12)15)14-8(2)13-9-5-3-4-6-10(9)14/h3-7H,1-2H3,(H2,12,15). The minimum atomic E-state index is -0.364. The summed E-state index contributed by atoms with van der Waals surface area (Å²) in [4.78, 5) is 15.5. The molecule has 78 valence electrons. The first-order valence-electron chi connectivity index (χ1n) is 4.84. The van der Waals surface area contributed by atoms with Gasteiger partial charge in [-0.2, -0.15) is 0 Å². The van der Waals surface area contributed by atoms with Crippen LogP contribution in [0.25, 0.3) is 11.0 Å². The minimum Gasteiger partial charge on any atom is -0.368 e. The molecule has 1 atom stereocenters. The van der Waals surface area contributed by atoms with E-state index in [1.54, 1.807) is 6.92 Å². The average molecular weight is 203 g/mol. The fraction of sp³-hybridized carbons (Fsp3) is 0.273. The molecule has 0 aliphatic heterocycles. The molecule has 0 aliphatic carbocycles. The first kappa shape index (κ1) is 9.71. The Kier molecular flexibility index (Phi) is 2.19. The van der Waals surface area contributed by atoms with Gasteiger partial charge in [0.15, 0.2) is 0 Å². The van der Waals surface area contributed by atoms with Gasteiger partial charge in [0.25, 0.3) is 0 Å². The lowest BCUT2D eigenvalue weighted by atomic mass is 10.2. The van der Waals surface area contributed by atoms with Gasteiger partial charge < -0.3 is 10.3 Å². The van der Waals surface area contributed by atoms with Crippen molar-refractivity contribution in [1.82, 2.24) is 9.55 Å². The van der Waals surface area contributed by atoms with Crippen LogP contribution in [0.1, 0.15) is 18.8 Å². The lowest BCUT2D eigenvalue weighted by Gasteiger charge is -2.12. The molecule has 0 saturated heterocycles. The van der Waals surface area contributed by atoms with Gasteiger partial charge in [-0.3, -0.25) is 4.79 Å². The molecule has 0 radical (unpaired) electrons. The molecule has 1 aromatic carbocycles. The van der Waals surface area contributed by atoms with Crippen LogP contribution < -0.4 is 5.73 Å². The number of hydrogen-bond acceptors (Lipinski definition) is 2. The van der Waals surface area contributed by atoms with E-state index in [2.05, 4.69) is 4.98 Å². The molecule has 2 N–H and O–H groups in total. The van der Waals surface area contributed by atoms with Crippen LogP contribution >= 0.6 is 0 Å². The maximum Gasteiger partial charge on any atom is 0.240 e. The van der Waals surface area contributed by atoms with Crippen molar-refractivity contribution in [3.05, 3.63) is 30.1 Å². The van der Waals surface area contributed by atoms with Crippen LogP contribution in [-0.4, -0.2) is 15.5 Å². The second kappa shape index (κ2) is 3.38. The second-order valence-corrected chi connectivity index (χ2v) is 3.60. The maximum atomic E-state index is 11.2. The number of amides is 1. The van der Waals surface area contributed by atoms with Crippen LogP contribution in [0.2, 0.25) is 0 Å². The first-order valence-corrected chi connectivity index (χ1v) is 4.84. The SMILES string of the molecule is Cc1nc2ccccc2n1C(C)C(N)=O. The largest absolute Gasteiger partial charge is 0.368 e. The number of carbonyl (C=O) groups excluding carboxylic acids is 1. The zero-order valence-corrected chi connectivity index (χ0v) is 8.77. The third kappa shape index (κ3) is 1.48. The quantitative estimate of drug-likeness (QED) is 0.801. The Morgan fingerprint density at radius 2 is 2.13 bits per heavy atom. The van der Waals surface area contributed by atoms with E-state index in [0.29, 0.717) is 0 Å². The van der Waals surface area contributed by atoms with Crippen molar-refractivity contribution in [2.75, 3.05) is 0 Å². The van der Waals surface area contributed by atoms with Gasteiger partial charge in [-0.25, -0.2) is 4.98 Å². The third-order valence-corrected chi connectivity index (χ3v) is 2.57. The summed E-state index contributed by atoms with van der Waals surface area (Å²) in [5.41, 5.74) is 7.14. The molecule has 0 spiro atoms. The summed E-state index contributed by atoms with van der Waals surface area (Å²) < 4.78 is 1.86. The number of rotatable bonds is 2. The number of primary amides is 1. The smallest absolute Gasteiger partial charge is 0.240 e. The van der Waals surface area contributed by atoms with Crippen LogP contribution in [0.15, 0.2) is 24.3 Å². The molecular formula is C11H13N3O. The number of imidazole rings is 1. The highest BCUT2D eigenvalue weighted by atomic mass is 16.1. The van der Waals surface area contributed by atoms with Crippen LogP contribution in [-0.2, 0) is 4.79 Å². The number of carbonyl (C=O) groups is 1. The topological polar surface area (TPSA) is 60.9 Å². The lowest BCUT2D eigenvalue weighted by Crippen LogP contribution is -2.24. The Balaban J connectivity index is 2.68. The molecule has 1 heterocycles. The first-order chi connectivity index (χ1) is 7.11. The molecule has 0 saturated carbocycles. The van der Waals surface area contributed by atoms with Gasteiger partial charge >= 0.3 is 0 Å². The molecule has 0 bridgehead atoms. The van der Waals surface area contributed by atoms with Crippen LogP contribution in [0, 0.1) is 6.92 Å². The molecule has 0 aliphatic rings. The number of para-hydroxylation sites is 2. The third-order valence-electron chi connectivity index (χ3n) is 2.57. The molecule has 4 nitrogen and oxygen atoms in total. The summed E-state index contributed by atoms with van der Waals surface area (Å²) in [6.07, 6.45) is 0. The number of aromatic nitrogens is 2. The van der Waals surface area contributed by atoms with Gasteiger partial charge in [-0.1, -0.05) is 12.1 Å². The molecule has 15 heavy (non-hydrogen) atoms. The summed E-state index contributed by atoms with van der Waals surface area (Å²) in [7, 11) is 0. The Morgan fingerprint density at radius 3 is 2.80 bits per heavy atom. The number of nitrogens with two attached hydrogens (primary N) is 1. The Hall–Kier alpha value is -1.84. The lowest BCUT2D eigenvalue weighted by molar-refractivity contribution is -0.120. The van der Waals surface area contributed by atoms with Crippen molar-refractivity contribution in [3.63, 3.8) is 0 Å². The van der Waals surface area contributed by atoms with E-state index in [-0.39, 0.29) is 11.9 Å².